The van der Waals surface area contributed by atoms with E-state index in [0.717, 1.165) is 12.0 Å². The van der Waals surface area contributed by atoms with Gasteiger partial charge in [-0.25, -0.2) is 14.4 Å². The van der Waals surface area contributed by atoms with E-state index in [4.69, 9.17) is 27.9 Å². The second-order valence-electron chi connectivity index (χ2n) is 12.0. The molecule has 4 N–H and O–H groups in total. The summed E-state index contributed by atoms with van der Waals surface area (Å²) in [7, 11) is 1.43. The van der Waals surface area contributed by atoms with Gasteiger partial charge in [-0.2, -0.15) is 0 Å². The quantitative estimate of drug-likeness (QED) is 0.136. The molecule has 254 valence electrons. The molecule has 0 saturated carbocycles. The summed E-state index contributed by atoms with van der Waals surface area (Å²) in [5.41, 5.74) is 4.54. The molecule has 3 aromatic heterocycles. The summed E-state index contributed by atoms with van der Waals surface area (Å²) in [6, 6.07) is 15.9. The van der Waals surface area contributed by atoms with E-state index in [1.807, 2.05) is 24.3 Å². The number of carbonyl (C=O) groups excluding carboxylic acids is 1. The average Bonchev–Trinajstić information content (AvgIpc) is 3.51. The number of halogens is 3. The molecule has 1 amide bonds. The normalized spacial score (nSPS) is 15.1. The number of aliphatic hydroxyl groups is 1. The second kappa shape index (κ2) is 15.0. The number of nitrogens with one attached hydrogen (secondary N) is 3. The fourth-order valence-corrected chi connectivity index (χ4v) is 6.57. The van der Waals surface area contributed by atoms with Crippen molar-refractivity contribution in [3.63, 3.8) is 0 Å². The number of pyridine rings is 2. The lowest BCUT2D eigenvalue weighted by molar-refractivity contribution is -0.119. The Labute approximate surface area is 292 Å². The Kier molecular flexibility index (Phi) is 10.6. The summed E-state index contributed by atoms with van der Waals surface area (Å²) in [6.45, 7) is 2.99. The van der Waals surface area contributed by atoms with Crippen LogP contribution in [-0.2, 0) is 17.9 Å². The maximum Gasteiger partial charge on any atom is 0.262 e. The number of aromatic nitrogens is 3. The van der Waals surface area contributed by atoms with Crippen LogP contribution in [-0.4, -0.2) is 57.7 Å². The molecule has 0 bridgehead atoms. The van der Waals surface area contributed by atoms with E-state index >= 15 is 4.39 Å². The van der Waals surface area contributed by atoms with Crippen molar-refractivity contribution in [1.29, 1.82) is 0 Å². The number of amides is 1. The number of benzene rings is 2. The van der Waals surface area contributed by atoms with Crippen molar-refractivity contribution in [2.75, 3.05) is 20.2 Å². The molecule has 49 heavy (non-hydrogen) atoms. The first-order valence-corrected chi connectivity index (χ1v) is 16.6. The van der Waals surface area contributed by atoms with Crippen molar-refractivity contribution < 1.29 is 19.0 Å². The first kappa shape index (κ1) is 34.5. The van der Waals surface area contributed by atoms with E-state index in [2.05, 4.69) is 25.9 Å². The SMILES string of the molecule is COc1nc(-c2cccc(-c3cccc(-c4ccn5c(=O)c(CNCC(C)O)cnc5c4)c3Cl)c2Cl)cc(F)c1CNC[C@H]1CCC(=O)N1. The van der Waals surface area contributed by atoms with Crippen molar-refractivity contribution >= 4 is 34.8 Å². The van der Waals surface area contributed by atoms with Crippen molar-refractivity contribution in [1.82, 2.24) is 30.3 Å². The summed E-state index contributed by atoms with van der Waals surface area (Å²) in [5.74, 6) is -0.351. The molecule has 1 unspecified atom stereocenters. The minimum Gasteiger partial charge on any atom is -0.481 e. The van der Waals surface area contributed by atoms with Gasteiger partial charge in [-0.05, 0) is 31.0 Å². The van der Waals surface area contributed by atoms with Gasteiger partial charge in [0.05, 0.1) is 34.5 Å². The fraction of sp³-hybridized carbons (Fsp3) is 0.278. The second-order valence-corrected chi connectivity index (χ2v) is 12.7. The van der Waals surface area contributed by atoms with Crippen LogP contribution in [0.4, 0.5) is 4.39 Å². The van der Waals surface area contributed by atoms with Gasteiger partial charge in [0.2, 0.25) is 11.8 Å². The molecule has 1 aliphatic heterocycles. The van der Waals surface area contributed by atoms with Gasteiger partial charge >= 0.3 is 0 Å². The van der Waals surface area contributed by atoms with Crippen LogP contribution in [0.3, 0.4) is 0 Å². The minimum absolute atomic E-state index is 0.00600. The highest BCUT2D eigenvalue weighted by molar-refractivity contribution is 6.39. The standard InChI is InChI=1S/C36H35Cl2FN6O4/c1-20(46)15-40-16-22-17-42-31-13-21(11-12-45(31)36(22)48)24-5-3-6-25(33(24)37)26-7-4-8-27(34(26)38)30-14-29(39)28(35(44-30)49-2)19-41-18-23-9-10-32(47)43-23/h3-8,11-14,17,20,23,40-41,46H,9-10,15-16,18-19H2,1-2H3,(H,43,47)/t20?,23-/m1/s1. The number of methoxy groups -OCH3 is 1. The highest BCUT2D eigenvalue weighted by atomic mass is 35.5. The predicted molar refractivity (Wildman–Crippen MR) is 188 cm³/mol. The zero-order valence-corrected chi connectivity index (χ0v) is 28.4. The molecule has 1 fully saturated rings. The Balaban J connectivity index is 1.28. The highest BCUT2D eigenvalue weighted by Gasteiger charge is 2.22. The van der Waals surface area contributed by atoms with Crippen LogP contribution in [0.25, 0.3) is 39.2 Å². The Bertz CT molecular complexity index is 2090. The predicted octanol–water partition coefficient (Wildman–Crippen LogP) is 5.38. The van der Waals surface area contributed by atoms with Gasteiger partial charge in [0.1, 0.15) is 11.5 Å². The van der Waals surface area contributed by atoms with Gasteiger partial charge in [-0.1, -0.05) is 59.6 Å². The van der Waals surface area contributed by atoms with Crippen LogP contribution in [0, 0.1) is 5.82 Å². The van der Waals surface area contributed by atoms with E-state index in [-0.39, 0.29) is 42.0 Å². The number of carbonyl (C=O) groups is 1. The molecular formula is C36H35Cl2FN6O4. The third-order valence-corrected chi connectivity index (χ3v) is 9.23. The van der Waals surface area contributed by atoms with E-state index < -0.39 is 11.9 Å². The molecular weight excluding hydrogens is 670 g/mol. The molecule has 1 saturated heterocycles. The van der Waals surface area contributed by atoms with Crippen LogP contribution in [0.5, 0.6) is 5.88 Å². The Morgan fingerprint density at radius 3 is 2.45 bits per heavy atom. The smallest absolute Gasteiger partial charge is 0.262 e. The minimum atomic E-state index is -0.529. The summed E-state index contributed by atoms with van der Waals surface area (Å²) >= 11 is 14.0. The van der Waals surface area contributed by atoms with Crippen molar-refractivity contribution in [3.8, 4) is 39.4 Å². The lowest BCUT2D eigenvalue weighted by Crippen LogP contribution is -2.35. The molecule has 5 aromatic rings. The summed E-state index contributed by atoms with van der Waals surface area (Å²) in [6.07, 6.45) is 3.89. The molecule has 6 rings (SSSR count). The number of nitrogens with zero attached hydrogens (tertiary/aromatic N) is 3. The third-order valence-electron chi connectivity index (χ3n) is 8.41. The molecule has 1 aliphatic rings. The van der Waals surface area contributed by atoms with Crippen molar-refractivity contribution in [2.45, 2.75) is 45.0 Å². The lowest BCUT2D eigenvalue weighted by atomic mass is 9.97. The van der Waals surface area contributed by atoms with Crippen LogP contribution < -0.4 is 26.2 Å². The Hall–Kier alpha value is -4.39. The summed E-state index contributed by atoms with van der Waals surface area (Å²) in [4.78, 5) is 33.6. The van der Waals surface area contributed by atoms with Gasteiger partial charge in [0.15, 0.2) is 0 Å². The maximum absolute atomic E-state index is 15.5. The monoisotopic (exact) mass is 704 g/mol. The number of hydrogen-bond donors (Lipinski definition) is 4. The largest absolute Gasteiger partial charge is 0.481 e. The van der Waals surface area contributed by atoms with E-state index in [1.165, 1.54) is 23.8 Å². The molecule has 0 radical (unpaired) electrons. The number of hydrogen-bond acceptors (Lipinski definition) is 8. The Morgan fingerprint density at radius 2 is 1.76 bits per heavy atom. The molecule has 4 heterocycles. The number of aliphatic hydroxyl groups excluding tert-OH is 1. The summed E-state index contributed by atoms with van der Waals surface area (Å²) < 4.78 is 22.5. The van der Waals surface area contributed by atoms with Crippen LogP contribution in [0.1, 0.15) is 30.9 Å². The van der Waals surface area contributed by atoms with Crippen LogP contribution >= 0.6 is 23.2 Å². The third kappa shape index (κ3) is 7.46. The highest BCUT2D eigenvalue weighted by Crippen LogP contribution is 2.42. The van der Waals surface area contributed by atoms with Crippen LogP contribution in [0.2, 0.25) is 10.0 Å². The molecule has 0 spiro atoms. The Morgan fingerprint density at radius 1 is 1.04 bits per heavy atom. The molecule has 2 atom stereocenters. The molecule has 0 aliphatic carbocycles. The number of ether oxygens (including phenoxy) is 1. The zero-order chi connectivity index (χ0) is 34.7. The molecule has 10 nitrogen and oxygen atoms in total. The average molecular weight is 706 g/mol. The maximum atomic E-state index is 15.5. The van der Waals surface area contributed by atoms with Gasteiger partial charge in [0, 0.05) is 84.9 Å². The van der Waals surface area contributed by atoms with Crippen LogP contribution in [0.15, 0.2) is 71.8 Å². The number of fused-ring (bicyclic) bond motifs is 1. The van der Waals surface area contributed by atoms with E-state index in [9.17, 15) is 14.7 Å². The molecule has 13 heteroatoms. The first-order chi connectivity index (χ1) is 23.6. The fourth-order valence-electron chi connectivity index (χ4n) is 5.91. The topological polar surface area (TPSA) is 130 Å². The van der Waals surface area contributed by atoms with Gasteiger partial charge in [-0.3, -0.25) is 14.0 Å². The lowest BCUT2D eigenvalue weighted by Gasteiger charge is -2.16. The zero-order valence-electron chi connectivity index (χ0n) is 26.9. The molecule has 2 aromatic carbocycles. The van der Waals surface area contributed by atoms with E-state index in [1.54, 1.807) is 37.4 Å². The van der Waals surface area contributed by atoms with E-state index in [0.29, 0.717) is 68.7 Å². The summed E-state index contributed by atoms with van der Waals surface area (Å²) in [5, 5.41) is 19.4. The van der Waals surface area contributed by atoms with Crippen molar-refractivity contribution in [2.24, 2.45) is 0 Å². The first-order valence-electron chi connectivity index (χ1n) is 15.8. The number of rotatable bonds is 12. The van der Waals surface area contributed by atoms with Gasteiger partial charge in [-0.15, -0.1) is 0 Å². The van der Waals surface area contributed by atoms with Gasteiger partial charge in [0.25, 0.3) is 5.56 Å². The van der Waals surface area contributed by atoms with Gasteiger partial charge < -0.3 is 25.8 Å². The van der Waals surface area contributed by atoms with Crippen molar-refractivity contribution in [3.05, 3.63) is 104 Å².